The second-order valence-corrected chi connectivity index (χ2v) is 12.8. The third-order valence-corrected chi connectivity index (χ3v) is 9.68. The molecule has 0 N–H and O–H groups in total. The van der Waals surface area contributed by atoms with Crippen LogP contribution >= 0.6 is 0 Å². The van der Waals surface area contributed by atoms with E-state index in [0.29, 0.717) is 5.71 Å². The molecule has 0 fully saturated rings. The van der Waals surface area contributed by atoms with Crippen LogP contribution in [0.1, 0.15) is 0 Å². The first-order valence-electron chi connectivity index (χ1n) is 17.0. The third kappa shape index (κ3) is 5.28. The maximum absolute atomic E-state index is 6.09. The molecule has 4 heterocycles. The Morgan fingerprint density at radius 2 is 0.865 bits per heavy atom. The summed E-state index contributed by atoms with van der Waals surface area (Å²) in [5.41, 5.74) is 11.0. The summed E-state index contributed by atoms with van der Waals surface area (Å²) in [6.45, 7) is 0. The predicted molar refractivity (Wildman–Crippen MR) is 209 cm³/mol. The van der Waals surface area contributed by atoms with Crippen LogP contribution in [0.5, 0.6) is 0 Å². The second-order valence-electron chi connectivity index (χ2n) is 12.8. The summed E-state index contributed by atoms with van der Waals surface area (Å²) in [5.74, 6) is 0. The van der Waals surface area contributed by atoms with Crippen molar-refractivity contribution < 1.29 is 4.42 Å². The van der Waals surface area contributed by atoms with Crippen LogP contribution in [0.2, 0.25) is 0 Å². The highest BCUT2D eigenvalue weighted by Gasteiger charge is 2.15. The van der Waals surface area contributed by atoms with Gasteiger partial charge in [-0.2, -0.15) is 20.4 Å². The lowest BCUT2D eigenvalue weighted by atomic mass is 10.0. The lowest BCUT2D eigenvalue weighted by molar-refractivity contribution is 0.654. The molecule has 4 aromatic heterocycles. The van der Waals surface area contributed by atoms with Crippen molar-refractivity contribution in [2.75, 3.05) is 4.90 Å². The molecule has 0 atom stereocenters. The van der Waals surface area contributed by atoms with Gasteiger partial charge < -0.3 is 9.32 Å². The normalized spacial score (nSPS) is 11.5. The zero-order valence-electron chi connectivity index (χ0n) is 27.8. The molecule has 10 aromatic rings. The number of pyridine rings is 1. The molecule has 0 amide bonds. The number of para-hydroxylation sites is 1. The number of fused-ring (bicyclic) bond motifs is 5. The van der Waals surface area contributed by atoms with Gasteiger partial charge in [0.1, 0.15) is 5.58 Å². The number of benzene rings is 6. The van der Waals surface area contributed by atoms with Crippen LogP contribution < -0.4 is 4.90 Å². The largest absolute Gasteiger partial charge is 0.438 e. The van der Waals surface area contributed by atoms with Crippen LogP contribution in [-0.4, -0.2) is 25.4 Å². The highest BCUT2D eigenvalue weighted by molar-refractivity contribution is 6.04. The number of rotatable bonds is 6. The molecular weight excluding hydrogens is 641 g/mol. The minimum Gasteiger partial charge on any atom is -0.438 e. The van der Waals surface area contributed by atoms with E-state index in [1.807, 2.05) is 18.2 Å². The van der Waals surface area contributed by atoms with Crippen LogP contribution in [0.4, 0.5) is 17.1 Å². The zero-order chi connectivity index (χ0) is 34.4. The highest BCUT2D eigenvalue weighted by Crippen LogP contribution is 2.38. The lowest BCUT2D eigenvalue weighted by Crippen LogP contribution is -2.09. The van der Waals surface area contributed by atoms with Crippen LogP contribution in [0.3, 0.4) is 0 Å². The van der Waals surface area contributed by atoms with Gasteiger partial charge >= 0.3 is 0 Å². The summed E-state index contributed by atoms with van der Waals surface area (Å²) in [6.07, 6.45) is 7.19. The van der Waals surface area contributed by atoms with Crippen molar-refractivity contribution in [2.45, 2.75) is 0 Å². The fourth-order valence-electron chi connectivity index (χ4n) is 6.95. The first kappa shape index (κ1) is 29.6. The Kier molecular flexibility index (Phi) is 6.99. The Morgan fingerprint density at radius 3 is 1.42 bits per heavy atom. The van der Waals surface area contributed by atoms with Crippen molar-refractivity contribution >= 4 is 60.7 Å². The molecule has 0 aliphatic rings. The molecule has 0 bridgehead atoms. The molecule has 0 saturated heterocycles. The summed E-state index contributed by atoms with van der Waals surface area (Å²) in [5, 5.41) is 22.5. The first-order valence-corrected chi connectivity index (χ1v) is 17.0. The van der Waals surface area contributed by atoms with Gasteiger partial charge in [0.15, 0.2) is 0 Å². The summed E-state index contributed by atoms with van der Waals surface area (Å²) in [7, 11) is 0. The third-order valence-electron chi connectivity index (χ3n) is 9.68. The maximum Gasteiger partial charge on any atom is 0.227 e. The number of aromatic nitrogens is 5. The van der Waals surface area contributed by atoms with Gasteiger partial charge in [-0.05, 0) is 89.0 Å². The van der Waals surface area contributed by atoms with Gasteiger partial charge in [-0.3, -0.25) is 0 Å². The number of hydrogen-bond acceptors (Lipinski definition) is 7. The smallest absolute Gasteiger partial charge is 0.227 e. The van der Waals surface area contributed by atoms with Crippen molar-refractivity contribution in [3.05, 3.63) is 170 Å². The van der Waals surface area contributed by atoms with Crippen molar-refractivity contribution in [3.63, 3.8) is 0 Å². The van der Waals surface area contributed by atoms with E-state index in [2.05, 4.69) is 153 Å². The molecule has 6 aromatic carbocycles. The molecule has 7 nitrogen and oxygen atoms in total. The van der Waals surface area contributed by atoms with Gasteiger partial charge in [-0.1, -0.05) is 78.9 Å². The maximum atomic E-state index is 6.09. The minimum atomic E-state index is 0.642. The molecule has 0 unspecified atom stereocenters. The molecule has 10 rings (SSSR count). The molecular formula is C45H28N6O. The van der Waals surface area contributed by atoms with Crippen molar-refractivity contribution in [2.24, 2.45) is 0 Å². The first-order chi connectivity index (χ1) is 25.7. The van der Waals surface area contributed by atoms with Gasteiger partial charge in [0.05, 0.1) is 30.5 Å². The van der Waals surface area contributed by atoms with E-state index in [-0.39, 0.29) is 0 Å². The number of nitrogens with zero attached hydrogens (tertiary/aromatic N) is 6. The molecule has 0 saturated carbocycles. The quantitative estimate of drug-likeness (QED) is 0.174. The van der Waals surface area contributed by atoms with E-state index in [4.69, 9.17) is 9.40 Å². The fourth-order valence-corrected chi connectivity index (χ4v) is 6.95. The summed E-state index contributed by atoms with van der Waals surface area (Å²) >= 11 is 0. The topological polar surface area (TPSA) is 80.8 Å². The van der Waals surface area contributed by atoms with Crippen LogP contribution in [0.15, 0.2) is 175 Å². The van der Waals surface area contributed by atoms with E-state index < -0.39 is 0 Å². The Hall–Kier alpha value is -7.25. The standard InChI is InChI=1S/C45H28N6O/c1-2-4-44-41(3-1)42-21-22-43(50-45(42)52-44)31-13-19-40(20-14-31)51(38-15-9-29(10-16-38)32-5-7-34-25-46-48-27-36(34)23-32)39-17-11-30(12-18-39)33-6-8-35-26-47-49-28-37(35)24-33/h1-28H. The summed E-state index contributed by atoms with van der Waals surface area (Å²) < 4.78 is 6.09. The molecule has 0 radical (unpaired) electrons. The zero-order valence-corrected chi connectivity index (χ0v) is 27.8. The van der Waals surface area contributed by atoms with Crippen LogP contribution in [-0.2, 0) is 0 Å². The number of hydrogen-bond donors (Lipinski definition) is 0. The fraction of sp³-hybridized carbons (Fsp3) is 0. The average molecular weight is 669 g/mol. The van der Waals surface area contributed by atoms with E-state index in [1.54, 1.807) is 24.8 Å². The van der Waals surface area contributed by atoms with Crippen molar-refractivity contribution in [3.8, 4) is 33.5 Å². The number of furan rings is 1. The summed E-state index contributed by atoms with van der Waals surface area (Å²) in [6, 6.07) is 50.9. The average Bonchev–Trinajstić information content (AvgIpc) is 3.59. The molecule has 7 heteroatoms. The van der Waals surface area contributed by atoms with E-state index in [1.165, 1.54) is 0 Å². The Balaban J connectivity index is 1.02. The van der Waals surface area contributed by atoms with Crippen molar-refractivity contribution in [1.82, 2.24) is 25.4 Å². The van der Waals surface area contributed by atoms with E-state index in [0.717, 1.165) is 88.5 Å². The highest BCUT2D eigenvalue weighted by atomic mass is 16.3. The lowest BCUT2D eigenvalue weighted by Gasteiger charge is -2.26. The van der Waals surface area contributed by atoms with Gasteiger partial charge in [0.2, 0.25) is 5.71 Å². The van der Waals surface area contributed by atoms with Crippen LogP contribution in [0, 0.1) is 0 Å². The molecule has 0 spiro atoms. The molecule has 0 aliphatic carbocycles. The number of anilines is 3. The van der Waals surface area contributed by atoms with E-state index in [9.17, 15) is 0 Å². The Labute approximate surface area is 298 Å². The molecule has 0 aliphatic heterocycles. The Morgan fingerprint density at radius 1 is 0.385 bits per heavy atom. The second kappa shape index (κ2) is 12.3. The van der Waals surface area contributed by atoms with Gasteiger partial charge in [0, 0.05) is 54.9 Å². The SMILES string of the molecule is c1ccc2c(c1)oc1nc(-c3ccc(N(c4ccc(-c5ccc6cnncc6c5)cc4)c4ccc(-c5ccc6cnncc6c5)cc4)cc3)ccc12. The molecule has 244 valence electrons. The predicted octanol–water partition coefficient (Wildman–Crippen LogP) is 11.3. The van der Waals surface area contributed by atoms with Gasteiger partial charge in [-0.25, -0.2) is 4.98 Å². The van der Waals surface area contributed by atoms with E-state index >= 15 is 0 Å². The monoisotopic (exact) mass is 668 g/mol. The Bertz CT molecular complexity index is 2780. The van der Waals surface area contributed by atoms with Gasteiger partial charge in [-0.15, -0.1) is 0 Å². The minimum absolute atomic E-state index is 0.642. The van der Waals surface area contributed by atoms with Gasteiger partial charge in [0.25, 0.3) is 0 Å². The van der Waals surface area contributed by atoms with Crippen molar-refractivity contribution in [1.29, 1.82) is 0 Å². The van der Waals surface area contributed by atoms with Crippen LogP contribution in [0.25, 0.3) is 77.1 Å². The summed E-state index contributed by atoms with van der Waals surface area (Å²) in [4.78, 5) is 7.17. The molecule has 52 heavy (non-hydrogen) atoms.